The first-order valence-electron chi connectivity index (χ1n) is 11.1. The van der Waals surface area contributed by atoms with Gasteiger partial charge in [0.2, 0.25) is 0 Å². The molecule has 2 heterocycles. The average Bonchev–Trinajstić information content (AvgIpc) is 3.24. The van der Waals surface area contributed by atoms with Crippen LogP contribution in [0.15, 0.2) is 32.4 Å². The van der Waals surface area contributed by atoms with Gasteiger partial charge in [-0.25, -0.2) is 9.59 Å². The molecule has 0 saturated heterocycles. The van der Waals surface area contributed by atoms with Crippen LogP contribution in [-0.4, -0.2) is 37.4 Å². The van der Waals surface area contributed by atoms with Crippen molar-refractivity contribution in [3.8, 4) is 10.8 Å². The maximum atomic E-state index is 13.2. The summed E-state index contributed by atoms with van der Waals surface area (Å²) < 4.78 is 15.1. The lowest BCUT2D eigenvalue weighted by atomic mass is 9.73. The summed E-state index contributed by atoms with van der Waals surface area (Å²) in [5.41, 5.74) is -1.62. The van der Waals surface area contributed by atoms with E-state index in [0.717, 1.165) is 9.94 Å². The van der Waals surface area contributed by atoms with Crippen molar-refractivity contribution in [1.29, 1.82) is 0 Å². The molecule has 9 heteroatoms. The largest absolute Gasteiger partial charge is 0.507 e. The van der Waals surface area contributed by atoms with E-state index >= 15 is 0 Å². The molecule has 2 atom stereocenters. The first kappa shape index (κ1) is 27.3. The number of nitrogens with zero attached hydrogens (tertiary/aromatic N) is 1. The first-order valence-corrected chi connectivity index (χ1v) is 12.0. The van der Waals surface area contributed by atoms with Crippen LogP contribution in [0.5, 0.6) is 10.8 Å². The normalized spacial score (nSPS) is 13.6. The molecule has 0 bridgehead atoms. The molecule has 0 aromatic carbocycles. The molecule has 0 saturated carbocycles. The molecule has 2 rings (SSSR count). The quantitative estimate of drug-likeness (QED) is 0.247. The Bertz CT molecular complexity index is 1080. The molecular formula is C25H33NO7S. The molecule has 0 radical (unpaired) electrons. The minimum atomic E-state index is -0.834. The first-order chi connectivity index (χ1) is 16.0. The van der Waals surface area contributed by atoms with Gasteiger partial charge >= 0.3 is 11.7 Å². The van der Waals surface area contributed by atoms with Gasteiger partial charge < -0.3 is 19.0 Å². The van der Waals surface area contributed by atoms with Crippen LogP contribution in [0.1, 0.15) is 73.9 Å². The third-order valence-electron chi connectivity index (χ3n) is 6.06. The lowest BCUT2D eigenvalue weighted by molar-refractivity contribution is 0.0812. The molecule has 34 heavy (non-hydrogen) atoms. The summed E-state index contributed by atoms with van der Waals surface area (Å²) in [6.45, 7) is 7.54. The minimum Gasteiger partial charge on any atom is -0.507 e. The maximum Gasteiger partial charge on any atom is 0.432 e. The second kappa shape index (κ2) is 12.0. The lowest BCUT2D eigenvalue weighted by Crippen LogP contribution is -2.33. The molecule has 186 valence electrons. The van der Waals surface area contributed by atoms with Gasteiger partial charge in [0.15, 0.2) is 10.8 Å². The Kier molecular flexibility index (Phi) is 9.61. The number of amides is 1. The Hall–Kier alpha value is -2.94. The number of hydrogen-bond acceptors (Lipinski definition) is 8. The highest BCUT2D eigenvalue weighted by atomic mass is 32.1. The summed E-state index contributed by atoms with van der Waals surface area (Å²) in [6, 6.07) is 5.20. The number of carbonyl (C=O) groups excluding carboxylic acids is 2. The van der Waals surface area contributed by atoms with E-state index in [1.807, 2.05) is 32.9 Å². The topological polar surface area (TPSA) is 115 Å². The van der Waals surface area contributed by atoms with Gasteiger partial charge in [0.05, 0.1) is 14.2 Å². The van der Waals surface area contributed by atoms with Crippen LogP contribution in [-0.2, 0) is 11.2 Å². The zero-order chi connectivity index (χ0) is 25.5. The highest BCUT2D eigenvalue weighted by Gasteiger charge is 2.35. The second-order valence-corrected chi connectivity index (χ2v) is 10.1. The van der Waals surface area contributed by atoms with E-state index in [-0.39, 0.29) is 17.2 Å². The zero-order valence-corrected chi connectivity index (χ0v) is 21.4. The van der Waals surface area contributed by atoms with Crippen LogP contribution in [0.2, 0.25) is 0 Å². The van der Waals surface area contributed by atoms with Crippen molar-refractivity contribution in [1.82, 2.24) is 0 Å². The van der Waals surface area contributed by atoms with Gasteiger partial charge in [-0.1, -0.05) is 27.7 Å². The molecule has 0 fully saturated rings. The van der Waals surface area contributed by atoms with Crippen molar-refractivity contribution in [2.45, 2.75) is 59.3 Å². The van der Waals surface area contributed by atoms with E-state index in [4.69, 9.17) is 9.15 Å². The lowest BCUT2D eigenvalue weighted by Gasteiger charge is -2.30. The molecule has 8 nitrogen and oxygen atoms in total. The van der Waals surface area contributed by atoms with Gasteiger partial charge in [-0.2, -0.15) is 4.99 Å². The number of Topliss-reactive ketones (excluding diaryl/α,β-unsaturated/α-hetero) is 1. The summed E-state index contributed by atoms with van der Waals surface area (Å²) in [7, 11) is 2.87. The van der Waals surface area contributed by atoms with E-state index < -0.39 is 28.8 Å². The van der Waals surface area contributed by atoms with Crippen molar-refractivity contribution < 1.29 is 28.6 Å². The molecule has 0 aliphatic carbocycles. The highest BCUT2D eigenvalue weighted by Crippen LogP contribution is 2.37. The van der Waals surface area contributed by atoms with Crippen LogP contribution in [0, 0.1) is 11.3 Å². The molecule has 1 amide bonds. The summed E-state index contributed by atoms with van der Waals surface area (Å²) in [5, 5.41) is 11.4. The van der Waals surface area contributed by atoms with Crippen LogP contribution < -0.4 is 10.4 Å². The van der Waals surface area contributed by atoms with Gasteiger partial charge in [-0.15, -0.1) is 11.3 Å². The number of aromatic hydroxyl groups is 1. The summed E-state index contributed by atoms with van der Waals surface area (Å²) in [4.78, 5) is 41.5. The minimum absolute atomic E-state index is 0.169. The second-order valence-electron chi connectivity index (χ2n) is 8.99. The highest BCUT2D eigenvalue weighted by molar-refractivity contribution is 7.13. The fourth-order valence-electron chi connectivity index (χ4n) is 3.55. The van der Waals surface area contributed by atoms with Crippen LogP contribution in [0.25, 0.3) is 0 Å². The predicted molar refractivity (Wildman–Crippen MR) is 132 cm³/mol. The fourth-order valence-corrected chi connectivity index (χ4v) is 4.61. The number of ketones is 1. The Morgan fingerprint density at radius 2 is 1.97 bits per heavy atom. The van der Waals surface area contributed by atoms with Crippen molar-refractivity contribution in [3.05, 3.63) is 44.8 Å². The maximum absolute atomic E-state index is 13.2. The van der Waals surface area contributed by atoms with Crippen LogP contribution >= 0.6 is 11.3 Å². The Labute approximate surface area is 203 Å². The zero-order valence-electron chi connectivity index (χ0n) is 20.5. The molecule has 0 aliphatic heterocycles. The van der Waals surface area contributed by atoms with Gasteiger partial charge in [0.25, 0.3) is 0 Å². The number of ether oxygens (including phenoxy) is 2. The molecule has 2 unspecified atom stereocenters. The van der Waals surface area contributed by atoms with E-state index in [0.29, 0.717) is 31.4 Å². The van der Waals surface area contributed by atoms with Crippen LogP contribution in [0.3, 0.4) is 0 Å². The van der Waals surface area contributed by atoms with E-state index in [9.17, 15) is 19.5 Å². The number of methoxy groups -OCH3 is 2. The SMILES string of the molecule is COC(=O)N=CCCCC(C)c1cc(O)c(C(=O)C(C)C(C)(C)Cc2ccc(OC)s2)c(=O)o1. The number of hydrogen-bond donors (Lipinski definition) is 1. The standard InChI is InChI=1S/C25H33NO7S/c1-15(9-7-8-12-26-24(30)32-6)19-13-18(27)21(23(29)33-19)22(28)16(2)25(3,4)14-17-10-11-20(31-5)34-17/h10-13,15-16,27H,7-9,14H2,1-6H3. The van der Waals surface area contributed by atoms with Crippen LogP contribution in [0.4, 0.5) is 4.79 Å². The fraction of sp³-hybridized carbons (Fsp3) is 0.520. The van der Waals surface area contributed by atoms with Crippen molar-refractivity contribution in [2.75, 3.05) is 14.2 Å². The average molecular weight is 492 g/mol. The Morgan fingerprint density at radius 1 is 1.26 bits per heavy atom. The number of carbonyl (C=O) groups is 2. The molecule has 0 spiro atoms. The molecule has 2 aromatic rings. The summed E-state index contributed by atoms with van der Waals surface area (Å²) in [6.07, 6.45) is 3.31. The van der Waals surface area contributed by atoms with Crippen molar-refractivity contribution in [3.63, 3.8) is 0 Å². The smallest absolute Gasteiger partial charge is 0.432 e. The number of aliphatic imine (C=N–C) groups is 1. The van der Waals surface area contributed by atoms with Gasteiger partial charge in [0, 0.05) is 29.0 Å². The summed E-state index contributed by atoms with van der Waals surface area (Å²) >= 11 is 1.51. The molecular weight excluding hydrogens is 458 g/mol. The number of thiophene rings is 1. The van der Waals surface area contributed by atoms with Gasteiger partial charge in [-0.05, 0) is 43.2 Å². The monoisotopic (exact) mass is 491 g/mol. The molecule has 0 aliphatic rings. The third kappa shape index (κ3) is 7.03. The van der Waals surface area contributed by atoms with E-state index in [1.165, 1.54) is 30.7 Å². The number of unbranched alkanes of at least 4 members (excludes halogenated alkanes) is 1. The molecule has 1 N–H and O–H groups in total. The summed E-state index contributed by atoms with van der Waals surface area (Å²) in [5.74, 6) is -1.21. The van der Waals surface area contributed by atoms with Gasteiger partial charge in [-0.3, -0.25) is 4.79 Å². The molecule has 2 aromatic heterocycles. The van der Waals surface area contributed by atoms with Crippen molar-refractivity contribution in [2.24, 2.45) is 16.3 Å². The van der Waals surface area contributed by atoms with Gasteiger partial charge in [0.1, 0.15) is 17.1 Å². The predicted octanol–water partition coefficient (Wildman–Crippen LogP) is 5.61. The van der Waals surface area contributed by atoms with E-state index in [1.54, 1.807) is 14.0 Å². The Morgan fingerprint density at radius 3 is 2.56 bits per heavy atom. The third-order valence-corrected chi connectivity index (χ3v) is 7.10. The van der Waals surface area contributed by atoms with E-state index in [2.05, 4.69) is 9.73 Å². The number of rotatable bonds is 11. The Balaban J connectivity index is 2.10. The van der Waals surface area contributed by atoms with Crippen molar-refractivity contribution >= 4 is 29.4 Å².